The van der Waals surface area contributed by atoms with E-state index in [2.05, 4.69) is 12.4 Å². The van der Waals surface area contributed by atoms with E-state index < -0.39 is 0 Å². The summed E-state index contributed by atoms with van der Waals surface area (Å²) in [7, 11) is 2.07. The van der Waals surface area contributed by atoms with E-state index in [1.165, 1.54) is 43.4 Å². The van der Waals surface area contributed by atoms with Crippen LogP contribution in [-0.4, -0.2) is 25.0 Å². The third kappa shape index (κ3) is 3.34. The number of benzene rings is 1. The van der Waals surface area contributed by atoms with E-state index >= 15 is 0 Å². The second-order valence-electron chi connectivity index (χ2n) is 8.65. The molecule has 4 fully saturated rings. The summed E-state index contributed by atoms with van der Waals surface area (Å²) in [6.07, 6.45) is 7.88. The molecule has 0 spiro atoms. The van der Waals surface area contributed by atoms with Gasteiger partial charge in [0.25, 0.3) is 5.91 Å². The molecule has 1 aromatic carbocycles. The first-order valence-corrected chi connectivity index (χ1v) is 9.75. The van der Waals surface area contributed by atoms with Crippen LogP contribution in [0, 0.1) is 17.8 Å². The molecule has 3 nitrogen and oxygen atoms in total. The van der Waals surface area contributed by atoms with Crippen molar-refractivity contribution in [2.75, 3.05) is 13.6 Å². The molecule has 4 aliphatic rings. The molecule has 2 N–H and O–H groups in total. The molecule has 4 aliphatic carbocycles. The molecule has 1 unspecified atom stereocenters. The first-order chi connectivity index (χ1) is 11.5. The van der Waals surface area contributed by atoms with Crippen LogP contribution >= 0.6 is 11.6 Å². The molecule has 0 heterocycles. The quantitative estimate of drug-likeness (QED) is 0.842. The Balaban J connectivity index is 1.34. The van der Waals surface area contributed by atoms with Gasteiger partial charge in [-0.25, -0.2) is 0 Å². The Hall–Kier alpha value is -1.06. The van der Waals surface area contributed by atoms with Crippen molar-refractivity contribution in [3.8, 4) is 0 Å². The minimum Gasteiger partial charge on any atom is -0.346 e. The Labute approximate surface area is 149 Å². The van der Waals surface area contributed by atoms with Crippen molar-refractivity contribution >= 4 is 17.5 Å². The van der Waals surface area contributed by atoms with Gasteiger partial charge in [0.05, 0.1) is 7.05 Å². The van der Waals surface area contributed by atoms with E-state index in [-0.39, 0.29) is 11.4 Å². The highest BCUT2D eigenvalue weighted by molar-refractivity contribution is 6.31. The number of amides is 1. The molecule has 4 bridgehead atoms. The van der Waals surface area contributed by atoms with Crippen LogP contribution in [0.25, 0.3) is 0 Å². The maximum Gasteiger partial charge on any atom is 0.275 e. The van der Waals surface area contributed by atoms with Gasteiger partial charge in [-0.05, 0) is 62.3 Å². The fourth-order valence-corrected chi connectivity index (χ4v) is 6.11. The lowest BCUT2D eigenvalue weighted by molar-refractivity contribution is -0.885. The van der Waals surface area contributed by atoms with Gasteiger partial charge >= 0.3 is 0 Å². The SMILES string of the molecule is C[NH+](CC(=O)NC12CC3CC(CC(C3)C1)C2)Cc1ccccc1Cl. The number of nitrogens with one attached hydrogen (secondary N) is 2. The van der Waals surface area contributed by atoms with Crippen molar-refractivity contribution in [1.29, 1.82) is 0 Å². The summed E-state index contributed by atoms with van der Waals surface area (Å²) < 4.78 is 0. The van der Waals surface area contributed by atoms with Crippen LogP contribution in [0.1, 0.15) is 44.1 Å². The lowest BCUT2D eigenvalue weighted by Gasteiger charge is -2.56. The standard InChI is InChI=1S/C20H27ClN2O/c1-23(12-17-4-2-3-5-18(17)21)13-19(24)22-20-9-14-6-15(10-20)8-16(7-14)11-20/h2-5,14-16H,6-13H2,1H3,(H,22,24)/p+1. The van der Waals surface area contributed by atoms with E-state index in [0.717, 1.165) is 34.9 Å². The molecule has 0 aliphatic heterocycles. The van der Waals surface area contributed by atoms with Gasteiger partial charge in [-0.3, -0.25) is 4.79 Å². The van der Waals surface area contributed by atoms with Crippen LogP contribution in [0.2, 0.25) is 5.02 Å². The summed E-state index contributed by atoms with van der Waals surface area (Å²) >= 11 is 6.24. The number of hydrogen-bond acceptors (Lipinski definition) is 1. The Morgan fingerprint density at radius 2 is 1.75 bits per heavy atom. The van der Waals surface area contributed by atoms with E-state index in [9.17, 15) is 4.79 Å². The summed E-state index contributed by atoms with van der Waals surface area (Å²) in [6.45, 7) is 1.31. The summed E-state index contributed by atoms with van der Waals surface area (Å²) in [6, 6.07) is 7.91. The zero-order valence-electron chi connectivity index (χ0n) is 14.5. The maximum absolute atomic E-state index is 12.6. The molecule has 4 saturated carbocycles. The average molecular weight is 348 g/mol. The normalized spacial score (nSPS) is 35.0. The minimum absolute atomic E-state index is 0.122. The van der Waals surface area contributed by atoms with Crippen molar-refractivity contribution in [3.63, 3.8) is 0 Å². The highest BCUT2D eigenvalue weighted by Crippen LogP contribution is 2.55. The number of halogens is 1. The maximum atomic E-state index is 12.6. The number of hydrogen-bond donors (Lipinski definition) is 2. The highest BCUT2D eigenvalue weighted by Gasteiger charge is 2.51. The monoisotopic (exact) mass is 347 g/mol. The summed E-state index contributed by atoms with van der Waals surface area (Å²) in [4.78, 5) is 13.8. The first-order valence-electron chi connectivity index (χ1n) is 9.37. The number of carbonyl (C=O) groups is 1. The molecule has 0 aromatic heterocycles. The van der Waals surface area contributed by atoms with Crippen LogP contribution in [0.15, 0.2) is 24.3 Å². The molecule has 130 valence electrons. The third-order valence-corrected chi connectivity index (χ3v) is 6.72. The Morgan fingerprint density at radius 1 is 1.17 bits per heavy atom. The van der Waals surface area contributed by atoms with Gasteiger partial charge in [0.2, 0.25) is 0 Å². The number of carbonyl (C=O) groups excluding carboxylic acids is 1. The smallest absolute Gasteiger partial charge is 0.275 e. The van der Waals surface area contributed by atoms with Crippen molar-refractivity contribution in [2.45, 2.75) is 50.6 Å². The van der Waals surface area contributed by atoms with Gasteiger partial charge in [-0.1, -0.05) is 29.8 Å². The fourth-order valence-electron chi connectivity index (χ4n) is 5.91. The molecule has 5 rings (SSSR count). The van der Waals surface area contributed by atoms with Crippen LogP contribution in [0.4, 0.5) is 0 Å². The van der Waals surface area contributed by atoms with E-state index in [0.29, 0.717) is 6.54 Å². The van der Waals surface area contributed by atoms with Gasteiger partial charge in [0.1, 0.15) is 6.54 Å². The Morgan fingerprint density at radius 3 is 2.33 bits per heavy atom. The molecule has 4 heteroatoms. The van der Waals surface area contributed by atoms with Crippen molar-refractivity contribution in [1.82, 2.24) is 5.32 Å². The van der Waals surface area contributed by atoms with Crippen LogP contribution < -0.4 is 10.2 Å². The van der Waals surface area contributed by atoms with Crippen molar-refractivity contribution in [2.24, 2.45) is 17.8 Å². The van der Waals surface area contributed by atoms with Crippen LogP contribution in [0.3, 0.4) is 0 Å². The molecule has 0 saturated heterocycles. The zero-order chi connectivity index (χ0) is 16.7. The second kappa shape index (κ2) is 6.34. The topological polar surface area (TPSA) is 33.5 Å². The van der Waals surface area contributed by atoms with Crippen molar-refractivity contribution in [3.05, 3.63) is 34.9 Å². The summed E-state index contributed by atoms with van der Waals surface area (Å²) in [5.74, 6) is 2.81. The largest absolute Gasteiger partial charge is 0.346 e. The number of quaternary nitrogens is 1. The van der Waals surface area contributed by atoms with Crippen molar-refractivity contribution < 1.29 is 9.69 Å². The van der Waals surface area contributed by atoms with Gasteiger partial charge in [-0.2, -0.15) is 0 Å². The molecule has 0 radical (unpaired) electrons. The molecule has 1 atom stereocenters. The molecule has 1 aromatic rings. The lowest BCUT2D eigenvalue weighted by Crippen LogP contribution is -3.09. The lowest BCUT2D eigenvalue weighted by atomic mass is 9.53. The van der Waals surface area contributed by atoms with Crippen LogP contribution in [-0.2, 0) is 11.3 Å². The molecule has 24 heavy (non-hydrogen) atoms. The van der Waals surface area contributed by atoms with Gasteiger partial charge in [-0.15, -0.1) is 0 Å². The number of rotatable bonds is 5. The molecule has 1 amide bonds. The van der Waals surface area contributed by atoms with Crippen LogP contribution in [0.5, 0.6) is 0 Å². The van der Waals surface area contributed by atoms with Gasteiger partial charge in [0, 0.05) is 16.1 Å². The third-order valence-electron chi connectivity index (χ3n) is 6.36. The highest BCUT2D eigenvalue weighted by atomic mass is 35.5. The Kier molecular flexibility index (Phi) is 4.34. The number of likely N-dealkylation sites (N-methyl/N-ethyl adjacent to an activating group) is 1. The summed E-state index contributed by atoms with van der Waals surface area (Å²) in [5.41, 5.74) is 1.23. The Bertz CT molecular complexity index is 595. The summed E-state index contributed by atoms with van der Waals surface area (Å²) in [5, 5.41) is 4.25. The average Bonchev–Trinajstić information content (AvgIpc) is 2.47. The zero-order valence-corrected chi connectivity index (χ0v) is 15.2. The molecular formula is C20H28ClN2O+. The predicted molar refractivity (Wildman–Crippen MR) is 96.0 cm³/mol. The fraction of sp³-hybridized carbons (Fsp3) is 0.650. The second-order valence-corrected chi connectivity index (χ2v) is 9.06. The van der Waals surface area contributed by atoms with E-state index in [1.54, 1.807) is 0 Å². The predicted octanol–water partition coefficient (Wildman–Crippen LogP) is 2.44. The first kappa shape index (κ1) is 16.4. The minimum atomic E-state index is 0.122. The van der Waals surface area contributed by atoms with E-state index in [4.69, 9.17) is 11.6 Å². The van der Waals surface area contributed by atoms with Gasteiger partial charge in [0.15, 0.2) is 6.54 Å². The van der Waals surface area contributed by atoms with E-state index in [1.807, 2.05) is 24.3 Å². The molecular weight excluding hydrogens is 320 g/mol. The van der Waals surface area contributed by atoms with Gasteiger partial charge < -0.3 is 10.2 Å².